The minimum atomic E-state index is -1.13. The van der Waals surface area contributed by atoms with Gasteiger partial charge in [0.15, 0.2) is 0 Å². The van der Waals surface area contributed by atoms with Crippen LogP contribution in [-0.2, 0) is 0 Å². The van der Waals surface area contributed by atoms with Crippen LogP contribution in [0.4, 0.5) is 4.39 Å². The van der Waals surface area contributed by atoms with Crippen molar-refractivity contribution in [2.24, 2.45) is 0 Å². The van der Waals surface area contributed by atoms with Gasteiger partial charge < -0.3 is 5.11 Å². The zero-order chi connectivity index (χ0) is 11.6. The second-order valence-corrected chi connectivity index (χ2v) is 4.93. The third kappa shape index (κ3) is 2.52. The van der Waals surface area contributed by atoms with E-state index >= 15 is 0 Å². The summed E-state index contributed by atoms with van der Waals surface area (Å²) < 4.78 is 14.2. The molecule has 0 aromatic rings. The minimum Gasteiger partial charge on any atom is -0.385 e. The Bertz CT molecular complexity index is 342. The molecule has 1 N–H and O–H groups in total. The Hall–Kier alpha value is -0.120. The van der Waals surface area contributed by atoms with E-state index in [2.05, 4.69) is 22.5 Å². The van der Waals surface area contributed by atoms with Gasteiger partial charge in [0.25, 0.3) is 0 Å². The molecular weight excluding hydrogens is 282 g/mol. The van der Waals surface area contributed by atoms with Crippen LogP contribution in [0.25, 0.3) is 0 Å². The molecule has 4 heteroatoms. The molecule has 1 saturated carbocycles. The van der Waals surface area contributed by atoms with Crippen molar-refractivity contribution in [3.63, 3.8) is 0 Å². The van der Waals surface area contributed by atoms with Gasteiger partial charge in [-0.1, -0.05) is 24.3 Å². The van der Waals surface area contributed by atoms with Crippen LogP contribution in [0.5, 0.6) is 0 Å². The van der Waals surface area contributed by atoms with Crippen molar-refractivity contribution >= 4 is 27.5 Å². The smallest absolute Gasteiger partial charge is 0.144 e. The summed E-state index contributed by atoms with van der Waals surface area (Å²) in [5.74, 6) is -0.528. The van der Waals surface area contributed by atoms with Crippen molar-refractivity contribution in [3.05, 3.63) is 33.6 Å². The standard InChI is InChI=1S/C11H13BrClFO/c1-3-8(12)10(14)9(7(2)13)11(15)5-4-6-11/h3,15H,2,4-6H2,1H3/b8-3+,10-9-. The average Bonchev–Trinajstić information content (AvgIpc) is 2.13. The molecule has 1 nitrogen and oxygen atoms in total. The first-order valence-electron chi connectivity index (χ1n) is 4.72. The second kappa shape index (κ2) is 4.81. The first kappa shape index (κ1) is 12.9. The monoisotopic (exact) mass is 294 g/mol. The third-order valence-electron chi connectivity index (χ3n) is 2.60. The van der Waals surface area contributed by atoms with Crippen LogP contribution in [0.1, 0.15) is 26.2 Å². The molecule has 0 radical (unpaired) electrons. The van der Waals surface area contributed by atoms with Gasteiger partial charge in [0.2, 0.25) is 0 Å². The number of hydrogen-bond donors (Lipinski definition) is 1. The van der Waals surface area contributed by atoms with Gasteiger partial charge in [-0.2, -0.15) is 0 Å². The fraction of sp³-hybridized carbons (Fsp3) is 0.455. The van der Waals surface area contributed by atoms with E-state index < -0.39 is 11.4 Å². The third-order valence-corrected chi connectivity index (χ3v) is 3.59. The number of aliphatic hydroxyl groups is 1. The van der Waals surface area contributed by atoms with E-state index in [1.807, 2.05) is 0 Å². The first-order valence-corrected chi connectivity index (χ1v) is 5.89. The highest BCUT2D eigenvalue weighted by molar-refractivity contribution is 9.11. The predicted molar refractivity (Wildman–Crippen MR) is 64.6 cm³/mol. The molecule has 0 spiro atoms. The highest BCUT2D eigenvalue weighted by Crippen LogP contribution is 2.45. The van der Waals surface area contributed by atoms with Crippen LogP contribution in [-0.4, -0.2) is 10.7 Å². The maximum Gasteiger partial charge on any atom is 0.144 e. The molecule has 1 aliphatic rings. The molecule has 1 fully saturated rings. The molecular formula is C11H13BrClFO. The van der Waals surface area contributed by atoms with E-state index in [-0.39, 0.29) is 10.6 Å². The zero-order valence-electron chi connectivity index (χ0n) is 8.49. The summed E-state index contributed by atoms with van der Waals surface area (Å²) in [6, 6.07) is 0. The van der Waals surface area contributed by atoms with Gasteiger partial charge in [0.1, 0.15) is 5.83 Å². The van der Waals surface area contributed by atoms with Gasteiger partial charge in [-0.05, 0) is 42.1 Å². The van der Waals surface area contributed by atoms with E-state index in [9.17, 15) is 9.50 Å². The summed E-state index contributed by atoms with van der Waals surface area (Å²) in [5.41, 5.74) is -1.02. The zero-order valence-corrected chi connectivity index (χ0v) is 10.8. The summed E-state index contributed by atoms with van der Waals surface area (Å²) in [7, 11) is 0. The topological polar surface area (TPSA) is 20.2 Å². The van der Waals surface area contributed by atoms with Gasteiger partial charge >= 0.3 is 0 Å². The average molecular weight is 296 g/mol. The Morgan fingerprint density at radius 1 is 1.60 bits per heavy atom. The SMILES string of the molecule is C=C(Cl)/C(=C(F)\C(Br)=C/C)C1(O)CCC1. The van der Waals surface area contributed by atoms with Gasteiger partial charge in [-0.3, -0.25) is 0 Å². The molecule has 0 aromatic carbocycles. The molecule has 0 saturated heterocycles. The van der Waals surface area contributed by atoms with Gasteiger partial charge in [0, 0.05) is 15.1 Å². The Labute approximate surface area is 102 Å². The fourth-order valence-electron chi connectivity index (χ4n) is 1.58. The summed E-state index contributed by atoms with van der Waals surface area (Å²) in [5, 5.41) is 10.1. The van der Waals surface area contributed by atoms with E-state index in [4.69, 9.17) is 11.6 Å². The second-order valence-electron chi connectivity index (χ2n) is 3.62. The molecule has 0 heterocycles. The number of allylic oxidation sites excluding steroid dienone is 3. The van der Waals surface area contributed by atoms with E-state index in [1.54, 1.807) is 13.0 Å². The highest BCUT2D eigenvalue weighted by Gasteiger charge is 2.41. The molecule has 0 atom stereocenters. The normalized spacial score (nSPS) is 21.8. The fourth-order valence-corrected chi connectivity index (χ4v) is 2.04. The summed E-state index contributed by atoms with van der Waals surface area (Å²) in [6.45, 7) is 5.20. The molecule has 0 unspecified atom stereocenters. The number of rotatable bonds is 3. The molecule has 1 rings (SSSR count). The lowest BCUT2D eigenvalue weighted by atomic mass is 9.74. The molecule has 0 amide bonds. The Morgan fingerprint density at radius 2 is 2.13 bits per heavy atom. The van der Waals surface area contributed by atoms with Gasteiger partial charge in [0.05, 0.1) is 5.60 Å². The van der Waals surface area contributed by atoms with Crippen LogP contribution in [0, 0.1) is 0 Å². The molecule has 0 aliphatic heterocycles. The Kier molecular flexibility index (Phi) is 4.15. The molecule has 0 aromatic heterocycles. The van der Waals surface area contributed by atoms with Gasteiger partial charge in [-0.15, -0.1) is 0 Å². The maximum atomic E-state index is 13.9. The van der Waals surface area contributed by atoms with Crippen molar-refractivity contribution < 1.29 is 9.50 Å². The van der Waals surface area contributed by atoms with Crippen LogP contribution in [0.15, 0.2) is 33.6 Å². The van der Waals surface area contributed by atoms with Crippen LogP contribution in [0.3, 0.4) is 0 Å². The summed E-state index contributed by atoms with van der Waals surface area (Å²) in [4.78, 5) is 0. The van der Waals surface area contributed by atoms with Crippen molar-refractivity contribution in [2.45, 2.75) is 31.8 Å². The quantitative estimate of drug-likeness (QED) is 0.775. The molecule has 84 valence electrons. The lowest BCUT2D eigenvalue weighted by Gasteiger charge is -2.38. The highest BCUT2D eigenvalue weighted by atomic mass is 79.9. The summed E-state index contributed by atoms with van der Waals surface area (Å²) in [6.07, 6.45) is 3.51. The number of hydrogen-bond acceptors (Lipinski definition) is 1. The van der Waals surface area contributed by atoms with Crippen LogP contribution >= 0.6 is 27.5 Å². The van der Waals surface area contributed by atoms with Crippen LogP contribution in [0.2, 0.25) is 0 Å². The van der Waals surface area contributed by atoms with Crippen molar-refractivity contribution in [1.29, 1.82) is 0 Å². The number of halogens is 3. The van der Waals surface area contributed by atoms with Crippen molar-refractivity contribution in [1.82, 2.24) is 0 Å². The lowest BCUT2D eigenvalue weighted by Crippen LogP contribution is -2.39. The van der Waals surface area contributed by atoms with E-state index in [0.717, 1.165) is 6.42 Å². The van der Waals surface area contributed by atoms with E-state index in [0.29, 0.717) is 17.3 Å². The molecule has 15 heavy (non-hydrogen) atoms. The van der Waals surface area contributed by atoms with Gasteiger partial charge in [-0.25, -0.2) is 4.39 Å². The molecule has 0 bridgehead atoms. The largest absolute Gasteiger partial charge is 0.385 e. The summed E-state index contributed by atoms with van der Waals surface area (Å²) >= 11 is 8.81. The Morgan fingerprint density at radius 3 is 2.40 bits per heavy atom. The maximum absolute atomic E-state index is 13.9. The van der Waals surface area contributed by atoms with Crippen LogP contribution < -0.4 is 0 Å². The molecule has 1 aliphatic carbocycles. The van der Waals surface area contributed by atoms with Crippen molar-refractivity contribution in [2.75, 3.05) is 0 Å². The first-order chi connectivity index (χ1) is 6.92. The Balaban J connectivity index is 3.17. The predicted octanol–water partition coefficient (Wildman–Crippen LogP) is 4.18. The van der Waals surface area contributed by atoms with Crippen molar-refractivity contribution in [3.8, 4) is 0 Å². The minimum absolute atomic E-state index is 0.0634. The lowest BCUT2D eigenvalue weighted by molar-refractivity contribution is 0.00363. The van der Waals surface area contributed by atoms with E-state index in [1.165, 1.54) is 0 Å².